The van der Waals surface area contributed by atoms with Gasteiger partial charge >= 0.3 is 5.97 Å². The SMILES string of the molecule is CCOC(=O)C(N)C(=O)c1sc(NC(=O)c2cccc(F)c2)nc1C. The number of carbonyl (C=O) groups is 3. The number of Topliss-reactive ketones (excluding diaryl/α,β-unsaturated/α-hetero) is 1. The Bertz CT molecular complexity index is 821. The lowest BCUT2D eigenvalue weighted by Crippen LogP contribution is -2.39. The zero-order valence-electron chi connectivity index (χ0n) is 13.5. The molecule has 0 aliphatic carbocycles. The highest BCUT2D eigenvalue weighted by Crippen LogP contribution is 2.24. The van der Waals surface area contributed by atoms with Gasteiger partial charge in [-0.15, -0.1) is 0 Å². The fourth-order valence-electron chi connectivity index (χ4n) is 1.96. The first kappa shape index (κ1) is 18.7. The van der Waals surface area contributed by atoms with Crippen LogP contribution in [0.4, 0.5) is 9.52 Å². The van der Waals surface area contributed by atoms with Gasteiger partial charge in [-0.3, -0.25) is 14.9 Å². The van der Waals surface area contributed by atoms with E-state index in [1.54, 1.807) is 13.8 Å². The molecule has 0 fully saturated rings. The molecule has 1 aromatic carbocycles. The summed E-state index contributed by atoms with van der Waals surface area (Å²) >= 11 is 0.884. The second-order valence-electron chi connectivity index (χ2n) is 4.99. The first-order valence-corrected chi connectivity index (χ1v) is 8.16. The first-order chi connectivity index (χ1) is 11.8. The maximum Gasteiger partial charge on any atom is 0.331 e. The maximum atomic E-state index is 13.2. The molecule has 25 heavy (non-hydrogen) atoms. The normalized spacial score (nSPS) is 11.7. The lowest BCUT2D eigenvalue weighted by atomic mass is 10.1. The maximum absolute atomic E-state index is 13.2. The van der Waals surface area contributed by atoms with Crippen LogP contribution in [0.2, 0.25) is 0 Å². The monoisotopic (exact) mass is 365 g/mol. The second-order valence-corrected chi connectivity index (χ2v) is 5.99. The van der Waals surface area contributed by atoms with Crippen LogP contribution in [-0.2, 0) is 9.53 Å². The Hall–Kier alpha value is -2.65. The van der Waals surface area contributed by atoms with Crippen molar-refractivity contribution >= 4 is 34.1 Å². The first-order valence-electron chi connectivity index (χ1n) is 7.34. The van der Waals surface area contributed by atoms with Crippen molar-refractivity contribution in [2.24, 2.45) is 5.73 Å². The van der Waals surface area contributed by atoms with Gasteiger partial charge in [-0.2, -0.15) is 0 Å². The second kappa shape index (κ2) is 7.95. The number of thiazole rings is 1. The minimum absolute atomic E-state index is 0.108. The topological polar surface area (TPSA) is 111 Å². The zero-order valence-corrected chi connectivity index (χ0v) is 14.4. The number of amides is 1. The molecule has 0 saturated carbocycles. The number of ketones is 1. The van der Waals surface area contributed by atoms with Gasteiger partial charge in [0, 0.05) is 5.56 Å². The summed E-state index contributed by atoms with van der Waals surface area (Å²) in [4.78, 5) is 40.2. The van der Waals surface area contributed by atoms with Gasteiger partial charge in [0.2, 0.25) is 5.78 Å². The number of anilines is 1. The van der Waals surface area contributed by atoms with Crippen molar-refractivity contribution in [1.82, 2.24) is 4.98 Å². The number of nitrogens with two attached hydrogens (primary N) is 1. The van der Waals surface area contributed by atoms with E-state index in [0.717, 1.165) is 17.4 Å². The van der Waals surface area contributed by atoms with Crippen LogP contribution >= 0.6 is 11.3 Å². The Morgan fingerprint density at radius 3 is 2.76 bits per heavy atom. The lowest BCUT2D eigenvalue weighted by molar-refractivity contribution is -0.143. The minimum atomic E-state index is -1.45. The summed E-state index contributed by atoms with van der Waals surface area (Å²) in [7, 11) is 0. The van der Waals surface area contributed by atoms with Crippen molar-refractivity contribution in [2.75, 3.05) is 11.9 Å². The molecule has 7 nitrogen and oxygen atoms in total. The molecule has 0 spiro atoms. The van der Waals surface area contributed by atoms with Gasteiger partial charge in [-0.05, 0) is 32.0 Å². The van der Waals surface area contributed by atoms with E-state index in [2.05, 4.69) is 10.3 Å². The Balaban J connectivity index is 2.15. The van der Waals surface area contributed by atoms with Crippen molar-refractivity contribution in [1.29, 1.82) is 0 Å². The van der Waals surface area contributed by atoms with E-state index in [0.29, 0.717) is 5.69 Å². The van der Waals surface area contributed by atoms with Crippen LogP contribution in [0.25, 0.3) is 0 Å². The van der Waals surface area contributed by atoms with Gasteiger partial charge in [0.15, 0.2) is 11.2 Å². The zero-order chi connectivity index (χ0) is 18.6. The fraction of sp³-hybridized carbons (Fsp3) is 0.250. The summed E-state index contributed by atoms with van der Waals surface area (Å²) in [5, 5.41) is 2.63. The van der Waals surface area contributed by atoms with Crippen molar-refractivity contribution in [2.45, 2.75) is 19.9 Å². The quantitative estimate of drug-likeness (QED) is 0.460. The van der Waals surface area contributed by atoms with Gasteiger partial charge < -0.3 is 10.5 Å². The summed E-state index contributed by atoms with van der Waals surface area (Å²) in [6.07, 6.45) is 0. The molecule has 1 atom stereocenters. The van der Waals surface area contributed by atoms with Crippen LogP contribution in [0.1, 0.15) is 32.6 Å². The van der Waals surface area contributed by atoms with Crippen LogP contribution in [-0.4, -0.2) is 35.3 Å². The molecule has 1 unspecified atom stereocenters. The highest BCUT2D eigenvalue weighted by molar-refractivity contribution is 7.17. The predicted octanol–water partition coefficient (Wildman–Crippen LogP) is 1.92. The minimum Gasteiger partial charge on any atom is -0.464 e. The Morgan fingerprint density at radius 2 is 2.12 bits per heavy atom. The molecular weight excluding hydrogens is 349 g/mol. The summed E-state index contributed by atoms with van der Waals surface area (Å²) in [6.45, 7) is 3.27. The molecule has 1 aromatic heterocycles. The van der Waals surface area contributed by atoms with E-state index in [1.165, 1.54) is 18.2 Å². The number of ether oxygens (including phenoxy) is 1. The predicted molar refractivity (Wildman–Crippen MR) is 90.1 cm³/mol. The molecule has 0 saturated heterocycles. The number of aromatic nitrogens is 1. The third kappa shape index (κ3) is 4.46. The largest absolute Gasteiger partial charge is 0.464 e. The molecule has 0 aliphatic rings. The highest BCUT2D eigenvalue weighted by atomic mass is 32.1. The Morgan fingerprint density at radius 1 is 1.40 bits per heavy atom. The highest BCUT2D eigenvalue weighted by Gasteiger charge is 2.28. The van der Waals surface area contributed by atoms with Crippen LogP contribution in [0, 0.1) is 12.7 Å². The molecule has 2 rings (SSSR count). The number of aryl methyl sites for hydroxylation is 1. The number of nitrogens with zero attached hydrogens (tertiary/aromatic N) is 1. The number of halogens is 1. The van der Waals surface area contributed by atoms with Gasteiger partial charge in [-0.25, -0.2) is 14.2 Å². The Kier molecular flexibility index (Phi) is 5.94. The molecule has 132 valence electrons. The number of carbonyl (C=O) groups excluding carboxylic acids is 3. The standard InChI is InChI=1S/C16H16FN3O4S/c1-3-24-15(23)11(18)12(21)13-8(2)19-16(25-13)20-14(22)9-5-4-6-10(17)7-9/h4-7,11H,3,18H2,1-2H3,(H,19,20,22). The molecule has 0 bridgehead atoms. The molecule has 3 N–H and O–H groups in total. The lowest BCUT2D eigenvalue weighted by Gasteiger charge is -2.08. The molecule has 2 aromatic rings. The van der Waals surface area contributed by atoms with Gasteiger partial charge in [0.05, 0.1) is 17.2 Å². The van der Waals surface area contributed by atoms with Crippen LogP contribution in [0.15, 0.2) is 24.3 Å². The summed E-state index contributed by atoms with van der Waals surface area (Å²) in [6, 6.07) is 3.70. The number of rotatable bonds is 6. The van der Waals surface area contributed by atoms with Crippen molar-refractivity contribution in [3.8, 4) is 0 Å². The van der Waals surface area contributed by atoms with Crippen LogP contribution < -0.4 is 11.1 Å². The Labute approximate surface area is 147 Å². The molecule has 1 heterocycles. The van der Waals surface area contributed by atoms with E-state index in [1.807, 2.05) is 0 Å². The van der Waals surface area contributed by atoms with Crippen molar-refractivity contribution in [3.05, 3.63) is 46.2 Å². The third-order valence-electron chi connectivity index (χ3n) is 3.15. The average molecular weight is 365 g/mol. The average Bonchev–Trinajstić information content (AvgIpc) is 2.94. The molecule has 0 radical (unpaired) electrons. The molecule has 0 aliphatic heterocycles. The van der Waals surface area contributed by atoms with Crippen molar-refractivity contribution in [3.63, 3.8) is 0 Å². The molecule has 1 amide bonds. The third-order valence-corrected chi connectivity index (χ3v) is 4.24. The van der Waals surface area contributed by atoms with Gasteiger partial charge in [-0.1, -0.05) is 17.4 Å². The molecule has 9 heteroatoms. The molecular formula is C16H16FN3O4S. The number of nitrogens with one attached hydrogen (secondary N) is 1. The van der Waals surface area contributed by atoms with E-state index in [4.69, 9.17) is 10.5 Å². The number of hydrogen-bond acceptors (Lipinski definition) is 7. The summed E-state index contributed by atoms with van der Waals surface area (Å²) < 4.78 is 17.9. The van der Waals surface area contributed by atoms with E-state index >= 15 is 0 Å². The van der Waals surface area contributed by atoms with Crippen LogP contribution in [0.5, 0.6) is 0 Å². The van der Waals surface area contributed by atoms with E-state index in [-0.39, 0.29) is 22.2 Å². The van der Waals surface area contributed by atoms with E-state index in [9.17, 15) is 18.8 Å². The van der Waals surface area contributed by atoms with Gasteiger partial charge in [0.1, 0.15) is 5.82 Å². The van der Waals surface area contributed by atoms with E-state index < -0.39 is 29.5 Å². The number of esters is 1. The summed E-state index contributed by atoms with van der Waals surface area (Å²) in [5.41, 5.74) is 6.03. The summed E-state index contributed by atoms with van der Waals surface area (Å²) in [5.74, 6) is -2.58. The smallest absolute Gasteiger partial charge is 0.331 e. The fourth-order valence-corrected chi connectivity index (χ4v) is 2.90. The van der Waals surface area contributed by atoms with Crippen LogP contribution in [0.3, 0.4) is 0 Å². The number of benzene rings is 1. The van der Waals surface area contributed by atoms with Gasteiger partial charge in [0.25, 0.3) is 5.91 Å². The van der Waals surface area contributed by atoms with Crippen molar-refractivity contribution < 1.29 is 23.5 Å². The number of hydrogen-bond donors (Lipinski definition) is 2.